The van der Waals surface area contributed by atoms with Crippen LogP contribution in [0.1, 0.15) is 52.8 Å². The average Bonchev–Trinajstić information content (AvgIpc) is 2.79. The summed E-state index contributed by atoms with van der Waals surface area (Å²) in [6.45, 7) is 9.67. The summed E-state index contributed by atoms with van der Waals surface area (Å²) in [5.74, 6) is 2.99. The van der Waals surface area contributed by atoms with Gasteiger partial charge >= 0.3 is 0 Å². The van der Waals surface area contributed by atoms with Gasteiger partial charge in [-0.15, -0.1) is 0 Å². The standard InChI is InChI=1S/C15H26N4/c1-5-12-9-8-11(4)19(12)15-10-14(16-7-3)17-13(6-2)18-15/h10-12H,5-9H2,1-4H3,(H,16,17,18). The minimum atomic E-state index is 0.582. The molecule has 4 nitrogen and oxygen atoms in total. The number of nitrogens with zero attached hydrogens (tertiary/aromatic N) is 3. The normalized spacial score (nSPS) is 22.8. The third-order valence-corrected chi connectivity index (χ3v) is 3.95. The van der Waals surface area contributed by atoms with Crippen LogP contribution >= 0.6 is 0 Å². The van der Waals surface area contributed by atoms with Gasteiger partial charge in [-0.3, -0.25) is 0 Å². The fourth-order valence-corrected chi connectivity index (χ4v) is 2.93. The van der Waals surface area contributed by atoms with Gasteiger partial charge in [0.05, 0.1) is 0 Å². The van der Waals surface area contributed by atoms with Gasteiger partial charge in [-0.25, -0.2) is 9.97 Å². The molecule has 0 aromatic carbocycles. The quantitative estimate of drug-likeness (QED) is 0.884. The fourth-order valence-electron chi connectivity index (χ4n) is 2.93. The molecular formula is C15H26N4. The van der Waals surface area contributed by atoms with Crippen LogP contribution in [-0.2, 0) is 6.42 Å². The van der Waals surface area contributed by atoms with E-state index in [1.807, 2.05) is 0 Å². The molecule has 0 spiro atoms. The van der Waals surface area contributed by atoms with Gasteiger partial charge in [0.25, 0.3) is 0 Å². The molecule has 4 heteroatoms. The number of hydrogen-bond donors (Lipinski definition) is 1. The summed E-state index contributed by atoms with van der Waals surface area (Å²) in [5.41, 5.74) is 0. The smallest absolute Gasteiger partial charge is 0.134 e. The summed E-state index contributed by atoms with van der Waals surface area (Å²) in [4.78, 5) is 11.8. The highest BCUT2D eigenvalue weighted by atomic mass is 15.3. The molecule has 0 aliphatic carbocycles. The second-order valence-corrected chi connectivity index (χ2v) is 5.31. The molecule has 1 N–H and O–H groups in total. The lowest BCUT2D eigenvalue weighted by atomic mass is 10.1. The first-order chi connectivity index (χ1) is 9.19. The highest BCUT2D eigenvalue weighted by Crippen LogP contribution is 2.31. The Bertz CT molecular complexity index is 419. The highest BCUT2D eigenvalue weighted by molar-refractivity contribution is 5.51. The first-order valence-electron chi connectivity index (χ1n) is 7.59. The van der Waals surface area contributed by atoms with E-state index in [4.69, 9.17) is 4.98 Å². The Morgan fingerprint density at radius 2 is 2.05 bits per heavy atom. The molecule has 1 saturated heterocycles. The van der Waals surface area contributed by atoms with Gasteiger partial charge in [0, 0.05) is 31.1 Å². The van der Waals surface area contributed by atoms with Crippen LogP contribution in [-0.4, -0.2) is 28.6 Å². The number of rotatable bonds is 5. The Labute approximate surface area is 116 Å². The molecule has 0 amide bonds. The van der Waals surface area contributed by atoms with Crippen LogP contribution in [0.4, 0.5) is 11.6 Å². The van der Waals surface area contributed by atoms with Gasteiger partial charge in [-0.2, -0.15) is 0 Å². The van der Waals surface area contributed by atoms with Crippen molar-refractivity contribution in [2.45, 2.75) is 65.5 Å². The SMILES string of the molecule is CCNc1cc(N2C(C)CCC2CC)nc(CC)n1. The zero-order valence-electron chi connectivity index (χ0n) is 12.6. The van der Waals surface area contributed by atoms with Crippen LogP contribution in [0.15, 0.2) is 6.07 Å². The number of hydrogen-bond acceptors (Lipinski definition) is 4. The van der Waals surface area contributed by atoms with Crippen LogP contribution in [0.2, 0.25) is 0 Å². The predicted octanol–water partition coefficient (Wildman–Crippen LogP) is 3.24. The number of nitrogens with one attached hydrogen (secondary N) is 1. The fraction of sp³-hybridized carbons (Fsp3) is 0.733. The van der Waals surface area contributed by atoms with Crippen molar-refractivity contribution in [3.05, 3.63) is 11.9 Å². The van der Waals surface area contributed by atoms with Crippen molar-refractivity contribution in [2.75, 3.05) is 16.8 Å². The molecule has 0 bridgehead atoms. The molecule has 1 aromatic rings. The van der Waals surface area contributed by atoms with E-state index in [9.17, 15) is 0 Å². The van der Waals surface area contributed by atoms with E-state index < -0.39 is 0 Å². The molecule has 0 radical (unpaired) electrons. The Morgan fingerprint density at radius 3 is 2.68 bits per heavy atom. The van der Waals surface area contributed by atoms with Crippen molar-refractivity contribution < 1.29 is 0 Å². The van der Waals surface area contributed by atoms with Crippen molar-refractivity contribution in [1.29, 1.82) is 0 Å². The van der Waals surface area contributed by atoms with Gasteiger partial charge in [-0.1, -0.05) is 13.8 Å². The summed E-state index contributed by atoms with van der Waals surface area (Å²) >= 11 is 0. The van der Waals surface area contributed by atoms with Gasteiger partial charge in [0.2, 0.25) is 0 Å². The Morgan fingerprint density at radius 1 is 1.26 bits per heavy atom. The maximum atomic E-state index is 4.74. The van der Waals surface area contributed by atoms with Gasteiger partial charge in [0.15, 0.2) is 0 Å². The van der Waals surface area contributed by atoms with Crippen molar-refractivity contribution in [2.24, 2.45) is 0 Å². The zero-order valence-corrected chi connectivity index (χ0v) is 12.6. The van der Waals surface area contributed by atoms with E-state index >= 15 is 0 Å². The summed E-state index contributed by atoms with van der Waals surface area (Å²) in [6, 6.07) is 3.32. The van der Waals surface area contributed by atoms with Crippen LogP contribution in [0, 0.1) is 0 Å². The van der Waals surface area contributed by atoms with E-state index in [1.165, 1.54) is 19.3 Å². The number of aryl methyl sites for hydroxylation is 1. The minimum absolute atomic E-state index is 0.582. The maximum Gasteiger partial charge on any atom is 0.134 e. The van der Waals surface area contributed by atoms with Crippen molar-refractivity contribution in [3.63, 3.8) is 0 Å². The molecule has 2 rings (SSSR count). The zero-order chi connectivity index (χ0) is 13.8. The second-order valence-electron chi connectivity index (χ2n) is 5.31. The molecule has 2 heterocycles. The third-order valence-electron chi connectivity index (χ3n) is 3.95. The first-order valence-corrected chi connectivity index (χ1v) is 7.59. The van der Waals surface area contributed by atoms with Gasteiger partial charge in [-0.05, 0) is 33.1 Å². The molecule has 1 fully saturated rings. The molecule has 106 valence electrons. The van der Waals surface area contributed by atoms with E-state index in [2.05, 4.69) is 49.0 Å². The third kappa shape index (κ3) is 2.99. The minimum Gasteiger partial charge on any atom is -0.370 e. The van der Waals surface area contributed by atoms with E-state index in [0.717, 1.165) is 30.4 Å². The average molecular weight is 262 g/mol. The topological polar surface area (TPSA) is 41.0 Å². The van der Waals surface area contributed by atoms with Crippen molar-refractivity contribution >= 4 is 11.6 Å². The Hall–Kier alpha value is -1.32. The van der Waals surface area contributed by atoms with E-state index in [1.54, 1.807) is 0 Å². The lowest BCUT2D eigenvalue weighted by Crippen LogP contribution is -2.35. The monoisotopic (exact) mass is 262 g/mol. The highest BCUT2D eigenvalue weighted by Gasteiger charge is 2.30. The summed E-state index contributed by atoms with van der Waals surface area (Å²) in [7, 11) is 0. The largest absolute Gasteiger partial charge is 0.370 e. The lowest BCUT2D eigenvalue weighted by molar-refractivity contribution is 0.618. The first kappa shape index (κ1) is 14.1. The molecule has 1 aromatic heterocycles. The summed E-state index contributed by atoms with van der Waals surface area (Å²) in [5, 5.41) is 3.32. The van der Waals surface area contributed by atoms with E-state index in [-0.39, 0.29) is 0 Å². The lowest BCUT2D eigenvalue weighted by Gasteiger charge is -2.29. The van der Waals surface area contributed by atoms with Crippen LogP contribution in [0.25, 0.3) is 0 Å². The maximum absolute atomic E-state index is 4.74. The second kappa shape index (κ2) is 6.22. The molecule has 0 saturated carbocycles. The van der Waals surface area contributed by atoms with Crippen LogP contribution in [0.3, 0.4) is 0 Å². The molecule has 1 aliphatic rings. The van der Waals surface area contributed by atoms with Crippen molar-refractivity contribution in [1.82, 2.24) is 9.97 Å². The van der Waals surface area contributed by atoms with Gasteiger partial charge in [0.1, 0.15) is 17.5 Å². The molecule has 2 unspecified atom stereocenters. The number of anilines is 2. The van der Waals surface area contributed by atoms with Crippen molar-refractivity contribution in [3.8, 4) is 0 Å². The Balaban J connectivity index is 2.34. The molecule has 19 heavy (non-hydrogen) atoms. The Kier molecular flexibility index (Phi) is 4.61. The molecular weight excluding hydrogens is 236 g/mol. The van der Waals surface area contributed by atoms with E-state index in [0.29, 0.717) is 12.1 Å². The summed E-state index contributed by atoms with van der Waals surface area (Å²) < 4.78 is 0. The van der Waals surface area contributed by atoms with Gasteiger partial charge < -0.3 is 10.2 Å². The summed E-state index contributed by atoms with van der Waals surface area (Å²) in [6.07, 6.45) is 4.61. The van der Waals surface area contributed by atoms with Crippen LogP contribution in [0.5, 0.6) is 0 Å². The molecule has 1 aliphatic heterocycles. The number of aromatic nitrogens is 2. The predicted molar refractivity (Wildman–Crippen MR) is 80.8 cm³/mol. The van der Waals surface area contributed by atoms with Crippen LogP contribution < -0.4 is 10.2 Å². The molecule has 2 atom stereocenters.